The summed E-state index contributed by atoms with van der Waals surface area (Å²) in [6.45, 7) is 17.8. The number of hydrogen-bond acceptors (Lipinski definition) is 1. The molecule has 0 heterocycles. The van der Waals surface area contributed by atoms with E-state index in [9.17, 15) is 0 Å². The molecule has 136 valence electrons. The minimum Gasteiger partial charge on any atom is -0.366 e. The standard InChI is InChI=1S/C24H34O/c1-17(19-11-9-13-21(15-19)23(3,4)5)25-18(2)20-12-10-14-22(16-20)24(6,7)8/h9-18H,1-8H3. The van der Waals surface area contributed by atoms with Crippen molar-refractivity contribution >= 4 is 0 Å². The highest BCUT2D eigenvalue weighted by Crippen LogP contribution is 2.31. The molecule has 2 aromatic carbocycles. The summed E-state index contributed by atoms with van der Waals surface area (Å²) in [4.78, 5) is 0. The van der Waals surface area contributed by atoms with Gasteiger partial charge in [-0.15, -0.1) is 0 Å². The van der Waals surface area contributed by atoms with Gasteiger partial charge in [0.1, 0.15) is 0 Å². The lowest BCUT2D eigenvalue weighted by atomic mass is 9.85. The monoisotopic (exact) mass is 338 g/mol. The second-order valence-electron chi connectivity index (χ2n) is 9.17. The van der Waals surface area contributed by atoms with Crippen LogP contribution in [0.25, 0.3) is 0 Å². The summed E-state index contributed by atoms with van der Waals surface area (Å²) in [5.41, 5.74) is 5.49. The topological polar surface area (TPSA) is 9.23 Å². The molecule has 2 atom stereocenters. The molecule has 0 bridgehead atoms. The minimum absolute atomic E-state index is 0.0654. The zero-order valence-electron chi connectivity index (χ0n) is 17.2. The summed E-state index contributed by atoms with van der Waals surface area (Å²) < 4.78 is 6.36. The summed E-state index contributed by atoms with van der Waals surface area (Å²) in [6.07, 6.45) is 0.131. The Labute approximate surface area is 154 Å². The first-order valence-electron chi connectivity index (χ1n) is 9.35. The summed E-state index contributed by atoms with van der Waals surface area (Å²) in [5.74, 6) is 0. The fourth-order valence-electron chi connectivity index (χ4n) is 2.98. The van der Waals surface area contributed by atoms with Crippen molar-refractivity contribution in [3.8, 4) is 0 Å². The van der Waals surface area contributed by atoms with Crippen LogP contribution in [0, 0.1) is 0 Å². The Kier molecular flexibility index (Phi) is 5.79. The van der Waals surface area contributed by atoms with Crippen LogP contribution in [0.1, 0.15) is 89.9 Å². The largest absolute Gasteiger partial charge is 0.366 e. The Hall–Kier alpha value is -1.60. The summed E-state index contributed by atoms with van der Waals surface area (Å²) in [7, 11) is 0. The van der Waals surface area contributed by atoms with Gasteiger partial charge in [-0.1, -0.05) is 90.1 Å². The van der Waals surface area contributed by atoms with E-state index in [1.165, 1.54) is 22.3 Å². The molecule has 0 N–H and O–H groups in total. The maximum absolute atomic E-state index is 6.36. The van der Waals surface area contributed by atoms with E-state index in [-0.39, 0.29) is 23.0 Å². The van der Waals surface area contributed by atoms with Gasteiger partial charge in [0.05, 0.1) is 12.2 Å². The van der Waals surface area contributed by atoms with E-state index in [0.717, 1.165) is 0 Å². The summed E-state index contributed by atoms with van der Waals surface area (Å²) in [5, 5.41) is 0. The molecule has 0 aliphatic carbocycles. The predicted molar refractivity (Wildman–Crippen MR) is 108 cm³/mol. The lowest BCUT2D eigenvalue weighted by Crippen LogP contribution is -2.13. The molecule has 0 aliphatic heterocycles. The van der Waals surface area contributed by atoms with Crippen LogP contribution in [-0.4, -0.2) is 0 Å². The molecule has 2 unspecified atom stereocenters. The van der Waals surface area contributed by atoms with Crippen LogP contribution in [0.15, 0.2) is 48.5 Å². The maximum Gasteiger partial charge on any atom is 0.0805 e. The second kappa shape index (κ2) is 7.33. The molecule has 0 aliphatic rings. The van der Waals surface area contributed by atoms with Crippen molar-refractivity contribution in [3.05, 3.63) is 70.8 Å². The van der Waals surface area contributed by atoms with Crippen molar-refractivity contribution in [1.82, 2.24) is 0 Å². The highest BCUT2D eigenvalue weighted by atomic mass is 16.5. The Morgan fingerprint density at radius 1 is 0.640 bits per heavy atom. The van der Waals surface area contributed by atoms with E-state index >= 15 is 0 Å². The number of hydrogen-bond donors (Lipinski definition) is 0. The van der Waals surface area contributed by atoms with Gasteiger partial charge in [0.25, 0.3) is 0 Å². The minimum atomic E-state index is 0.0654. The van der Waals surface area contributed by atoms with Crippen LogP contribution >= 0.6 is 0 Å². The highest BCUT2D eigenvalue weighted by molar-refractivity contribution is 5.31. The fourth-order valence-corrected chi connectivity index (χ4v) is 2.98. The van der Waals surface area contributed by atoms with Gasteiger partial charge in [-0.05, 0) is 46.9 Å². The molecule has 0 saturated heterocycles. The first kappa shape index (κ1) is 19.7. The van der Waals surface area contributed by atoms with Crippen LogP contribution in [0.4, 0.5) is 0 Å². The molecule has 25 heavy (non-hydrogen) atoms. The van der Waals surface area contributed by atoms with Crippen LogP contribution in [0.2, 0.25) is 0 Å². The average molecular weight is 339 g/mol. The fraction of sp³-hybridized carbons (Fsp3) is 0.500. The van der Waals surface area contributed by atoms with Gasteiger partial charge in [-0.3, -0.25) is 0 Å². The van der Waals surface area contributed by atoms with Gasteiger partial charge in [-0.25, -0.2) is 0 Å². The van der Waals surface area contributed by atoms with Crippen molar-refractivity contribution in [2.75, 3.05) is 0 Å². The van der Waals surface area contributed by atoms with Crippen molar-refractivity contribution in [2.45, 2.75) is 78.4 Å². The third kappa shape index (κ3) is 5.19. The van der Waals surface area contributed by atoms with Gasteiger partial charge < -0.3 is 4.74 Å². The van der Waals surface area contributed by atoms with Crippen molar-refractivity contribution < 1.29 is 4.74 Å². The second-order valence-corrected chi connectivity index (χ2v) is 9.17. The third-order valence-electron chi connectivity index (χ3n) is 4.85. The van der Waals surface area contributed by atoms with Gasteiger partial charge >= 0.3 is 0 Å². The summed E-state index contributed by atoms with van der Waals surface area (Å²) >= 11 is 0. The zero-order valence-corrected chi connectivity index (χ0v) is 17.2. The average Bonchev–Trinajstić information content (AvgIpc) is 2.53. The lowest BCUT2D eigenvalue weighted by molar-refractivity contribution is 0.00574. The van der Waals surface area contributed by atoms with Crippen LogP contribution < -0.4 is 0 Å². The van der Waals surface area contributed by atoms with Crippen molar-refractivity contribution in [2.24, 2.45) is 0 Å². The SMILES string of the molecule is CC(OC(C)c1cccc(C(C)(C)C)c1)c1cccc(C(C)(C)C)c1. The zero-order chi connectivity index (χ0) is 18.8. The van der Waals surface area contributed by atoms with E-state index in [1.54, 1.807) is 0 Å². The molecule has 2 rings (SSSR count). The molecule has 0 radical (unpaired) electrons. The van der Waals surface area contributed by atoms with Crippen LogP contribution in [0.3, 0.4) is 0 Å². The molecule has 0 amide bonds. The Morgan fingerprint density at radius 2 is 1.00 bits per heavy atom. The van der Waals surface area contributed by atoms with Gasteiger partial charge in [0, 0.05) is 0 Å². The molecule has 0 fully saturated rings. The molecular weight excluding hydrogens is 304 g/mol. The van der Waals surface area contributed by atoms with Gasteiger partial charge in [0.15, 0.2) is 0 Å². The Morgan fingerprint density at radius 3 is 1.32 bits per heavy atom. The lowest BCUT2D eigenvalue weighted by Gasteiger charge is -2.25. The van der Waals surface area contributed by atoms with E-state index in [2.05, 4.69) is 104 Å². The van der Waals surface area contributed by atoms with Crippen LogP contribution in [0.5, 0.6) is 0 Å². The molecule has 2 aromatic rings. The van der Waals surface area contributed by atoms with Gasteiger partial charge in [0.2, 0.25) is 0 Å². The Bertz CT molecular complexity index is 639. The van der Waals surface area contributed by atoms with E-state index in [4.69, 9.17) is 4.74 Å². The first-order chi connectivity index (χ1) is 11.5. The van der Waals surface area contributed by atoms with Crippen LogP contribution in [-0.2, 0) is 15.6 Å². The third-order valence-corrected chi connectivity index (χ3v) is 4.85. The normalized spacial score (nSPS) is 15.0. The molecule has 0 spiro atoms. The maximum atomic E-state index is 6.36. The quantitative estimate of drug-likeness (QED) is 0.576. The first-order valence-corrected chi connectivity index (χ1v) is 9.35. The summed E-state index contributed by atoms with van der Waals surface area (Å²) in [6, 6.07) is 17.6. The van der Waals surface area contributed by atoms with E-state index in [1.807, 2.05) is 0 Å². The number of rotatable bonds is 4. The van der Waals surface area contributed by atoms with Crippen molar-refractivity contribution in [3.63, 3.8) is 0 Å². The van der Waals surface area contributed by atoms with Crippen molar-refractivity contribution in [1.29, 1.82) is 0 Å². The smallest absolute Gasteiger partial charge is 0.0805 e. The van der Waals surface area contributed by atoms with E-state index in [0.29, 0.717) is 0 Å². The molecule has 1 heteroatoms. The predicted octanol–water partition coefficient (Wildman–Crippen LogP) is 7.12. The van der Waals surface area contributed by atoms with E-state index < -0.39 is 0 Å². The molecule has 1 nitrogen and oxygen atoms in total. The number of ether oxygens (including phenoxy) is 1. The highest BCUT2D eigenvalue weighted by Gasteiger charge is 2.19. The van der Waals surface area contributed by atoms with Gasteiger partial charge in [-0.2, -0.15) is 0 Å². The number of benzene rings is 2. The molecule has 0 saturated carbocycles. The molecule has 0 aromatic heterocycles. The molecular formula is C24H34O. The Balaban J connectivity index is 2.17.